The lowest BCUT2D eigenvalue weighted by Crippen LogP contribution is -2.08. The fraction of sp³-hybridized carbons (Fsp3) is 0.133. The van der Waals surface area contributed by atoms with Crippen molar-refractivity contribution in [3.05, 3.63) is 53.6 Å². The van der Waals surface area contributed by atoms with Crippen molar-refractivity contribution in [2.75, 3.05) is 7.11 Å². The third-order valence-corrected chi connectivity index (χ3v) is 2.72. The number of para-hydroxylation sites is 1. The Labute approximate surface area is 116 Å². The number of hydrogen-bond donors (Lipinski definition) is 0. The summed E-state index contributed by atoms with van der Waals surface area (Å²) in [4.78, 5) is 28.0. The molecule has 0 spiro atoms. The van der Waals surface area contributed by atoms with Crippen molar-refractivity contribution in [3.8, 4) is 5.75 Å². The van der Waals surface area contributed by atoms with Crippen molar-refractivity contribution in [3.63, 3.8) is 0 Å². The van der Waals surface area contributed by atoms with Crippen LogP contribution in [0.15, 0.2) is 53.2 Å². The minimum absolute atomic E-state index is 0.0833. The molecule has 1 aliphatic carbocycles. The SMILES string of the molecule is COc1ccccc1C(=O)ON=C1C=CC(=O)C(C)=C1. The Morgan fingerprint density at radius 2 is 1.95 bits per heavy atom. The molecule has 0 heterocycles. The van der Waals surface area contributed by atoms with Crippen LogP contribution in [0.2, 0.25) is 0 Å². The van der Waals surface area contributed by atoms with Gasteiger partial charge in [-0.1, -0.05) is 17.3 Å². The van der Waals surface area contributed by atoms with Crippen LogP contribution in [0.25, 0.3) is 0 Å². The topological polar surface area (TPSA) is 65.0 Å². The van der Waals surface area contributed by atoms with E-state index in [0.717, 1.165) is 0 Å². The summed E-state index contributed by atoms with van der Waals surface area (Å²) in [5.41, 5.74) is 1.24. The fourth-order valence-corrected chi connectivity index (χ4v) is 1.65. The van der Waals surface area contributed by atoms with Crippen LogP contribution in [-0.2, 0) is 9.63 Å². The van der Waals surface area contributed by atoms with Crippen molar-refractivity contribution in [2.24, 2.45) is 5.16 Å². The Morgan fingerprint density at radius 3 is 2.65 bits per heavy atom. The van der Waals surface area contributed by atoms with Gasteiger partial charge < -0.3 is 9.57 Å². The molecule has 5 nitrogen and oxygen atoms in total. The Bertz CT molecular complexity index is 641. The number of rotatable bonds is 3. The van der Waals surface area contributed by atoms with Gasteiger partial charge in [0.2, 0.25) is 0 Å². The van der Waals surface area contributed by atoms with Crippen molar-refractivity contribution < 1.29 is 19.2 Å². The largest absolute Gasteiger partial charge is 0.496 e. The van der Waals surface area contributed by atoms with E-state index in [-0.39, 0.29) is 11.3 Å². The summed E-state index contributed by atoms with van der Waals surface area (Å²) in [6.45, 7) is 1.67. The number of methoxy groups -OCH3 is 1. The van der Waals surface area contributed by atoms with E-state index in [0.29, 0.717) is 17.0 Å². The number of carbonyl (C=O) groups is 2. The van der Waals surface area contributed by atoms with Gasteiger partial charge in [0, 0.05) is 0 Å². The lowest BCUT2D eigenvalue weighted by molar-refractivity contribution is -0.111. The monoisotopic (exact) mass is 271 g/mol. The first-order chi connectivity index (χ1) is 9.61. The summed E-state index contributed by atoms with van der Waals surface area (Å²) in [5.74, 6) is -0.287. The molecule has 0 fully saturated rings. The predicted octanol–water partition coefficient (Wildman–Crippen LogP) is 2.29. The summed E-state index contributed by atoms with van der Waals surface area (Å²) >= 11 is 0. The molecule has 5 heteroatoms. The van der Waals surface area contributed by atoms with Gasteiger partial charge in [-0.2, -0.15) is 0 Å². The van der Waals surface area contributed by atoms with E-state index in [2.05, 4.69) is 5.16 Å². The maximum absolute atomic E-state index is 11.9. The fourth-order valence-electron chi connectivity index (χ4n) is 1.65. The molecule has 0 amide bonds. The van der Waals surface area contributed by atoms with Crippen LogP contribution < -0.4 is 4.74 Å². The minimum Gasteiger partial charge on any atom is -0.496 e. The van der Waals surface area contributed by atoms with Gasteiger partial charge in [-0.05, 0) is 42.9 Å². The Balaban J connectivity index is 2.13. The first-order valence-corrected chi connectivity index (χ1v) is 5.95. The Morgan fingerprint density at radius 1 is 1.20 bits per heavy atom. The molecule has 0 saturated heterocycles. The third kappa shape index (κ3) is 3.00. The quantitative estimate of drug-likeness (QED) is 0.480. The molecule has 0 N–H and O–H groups in total. The Hall–Kier alpha value is -2.69. The highest BCUT2D eigenvalue weighted by Gasteiger charge is 2.14. The molecule has 102 valence electrons. The van der Waals surface area contributed by atoms with Crippen molar-refractivity contribution in [1.29, 1.82) is 0 Å². The normalized spacial score (nSPS) is 16.0. The highest BCUT2D eigenvalue weighted by molar-refractivity contribution is 6.18. The highest BCUT2D eigenvalue weighted by atomic mass is 16.7. The van der Waals surface area contributed by atoms with Gasteiger partial charge in [-0.3, -0.25) is 4.79 Å². The van der Waals surface area contributed by atoms with Gasteiger partial charge in [0.05, 0.1) is 7.11 Å². The third-order valence-electron chi connectivity index (χ3n) is 2.72. The molecule has 1 aliphatic rings. The average Bonchev–Trinajstić information content (AvgIpc) is 2.48. The first-order valence-electron chi connectivity index (χ1n) is 5.95. The lowest BCUT2D eigenvalue weighted by Gasteiger charge is -2.06. The summed E-state index contributed by atoms with van der Waals surface area (Å²) in [6.07, 6.45) is 4.42. The number of hydrogen-bond acceptors (Lipinski definition) is 5. The zero-order chi connectivity index (χ0) is 14.5. The van der Waals surface area contributed by atoms with Gasteiger partial charge in [0.15, 0.2) is 5.78 Å². The second-order valence-electron chi connectivity index (χ2n) is 4.12. The van der Waals surface area contributed by atoms with Gasteiger partial charge in [0.1, 0.15) is 17.0 Å². The maximum atomic E-state index is 11.9. The maximum Gasteiger partial charge on any atom is 0.369 e. The van der Waals surface area contributed by atoms with E-state index in [4.69, 9.17) is 9.57 Å². The van der Waals surface area contributed by atoms with E-state index < -0.39 is 5.97 Å². The highest BCUT2D eigenvalue weighted by Crippen LogP contribution is 2.18. The van der Waals surface area contributed by atoms with E-state index in [1.807, 2.05) is 0 Å². The standard InChI is InChI=1S/C15H13NO4/c1-10-9-11(7-8-13(10)17)16-20-15(18)12-5-3-4-6-14(12)19-2/h3-9H,1-2H3. The number of carbonyl (C=O) groups excluding carboxylic acids is 2. The number of nitrogens with zero attached hydrogens (tertiary/aromatic N) is 1. The van der Waals surface area contributed by atoms with Crippen LogP contribution in [0.1, 0.15) is 17.3 Å². The van der Waals surface area contributed by atoms with Gasteiger partial charge in [-0.25, -0.2) is 4.79 Å². The van der Waals surface area contributed by atoms with Gasteiger partial charge >= 0.3 is 5.97 Å². The zero-order valence-corrected chi connectivity index (χ0v) is 11.1. The van der Waals surface area contributed by atoms with E-state index >= 15 is 0 Å². The lowest BCUT2D eigenvalue weighted by atomic mass is 10.1. The van der Waals surface area contributed by atoms with Crippen LogP contribution >= 0.6 is 0 Å². The van der Waals surface area contributed by atoms with E-state index in [9.17, 15) is 9.59 Å². The van der Waals surface area contributed by atoms with Crippen LogP contribution in [0.5, 0.6) is 5.75 Å². The molecule has 0 aromatic heterocycles. The van der Waals surface area contributed by atoms with Crippen LogP contribution in [0.4, 0.5) is 0 Å². The number of ketones is 1. The number of benzene rings is 1. The Kier molecular flexibility index (Phi) is 4.10. The molecule has 0 unspecified atom stereocenters. The molecule has 1 aromatic carbocycles. The van der Waals surface area contributed by atoms with Crippen LogP contribution in [0.3, 0.4) is 0 Å². The molecule has 0 radical (unpaired) electrons. The van der Waals surface area contributed by atoms with E-state index in [1.54, 1.807) is 37.3 Å². The second kappa shape index (κ2) is 5.97. The minimum atomic E-state index is -0.619. The van der Waals surface area contributed by atoms with Crippen molar-refractivity contribution in [1.82, 2.24) is 0 Å². The van der Waals surface area contributed by atoms with Crippen LogP contribution in [-0.4, -0.2) is 24.6 Å². The van der Waals surface area contributed by atoms with Gasteiger partial charge in [-0.15, -0.1) is 0 Å². The summed E-state index contributed by atoms with van der Waals surface area (Å²) in [6, 6.07) is 6.70. The number of oxime groups is 1. The molecular weight excluding hydrogens is 258 g/mol. The van der Waals surface area contributed by atoms with Gasteiger partial charge in [0.25, 0.3) is 0 Å². The molecule has 2 rings (SSSR count). The van der Waals surface area contributed by atoms with E-state index in [1.165, 1.54) is 19.3 Å². The van der Waals surface area contributed by atoms with Crippen LogP contribution in [0, 0.1) is 0 Å². The predicted molar refractivity (Wildman–Crippen MR) is 73.7 cm³/mol. The first kappa shape index (κ1) is 13.7. The smallest absolute Gasteiger partial charge is 0.369 e. The van der Waals surface area contributed by atoms with Crippen molar-refractivity contribution >= 4 is 17.5 Å². The summed E-state index contributed by atoms with van der Waals surface area (Å²) < 4.78 is 5.07. The van der Waals surface area contributed by atoms with Crippen molar-refractivity contribution in [2.45, 2.75) is 6.92 Å². The number of ether oxygens (including phenoxy) is 1. The number of allylic oxidation sites excluding steroid dienone is 4. The summed E-state index contributed by atoms with van der Waals surface area (Å²) in [7, 11) is 1.47. The molecule has 0 bridgehead atoms. The molecule has 1 aromatic rings. The second-order valence-corrected chi connectivity index (χ2v) is 4.12. The average molecular weight is 271 g/mol. The molecular formula is C15H13NO4. The molecule has 20 heavy (non-hydrogen) atoms. The molecule has 0 aliphatic heterocycles. The zero-order valence-electron chi connectivity index (χ0n) is 11.1. The molecule has 0 saturated carbocycles. The summed E-state index contributed by atoms with van der Waals surface area (Å²) in [5, 5.41) is 3.72. The molecule has 0 atom stereocenters.